The van der Waals surface area contributed by atoms with E-state index in [9.17, 15) is 5.11 Å². The van der Waals surface area contributed by atoms with Gasteiger partial charge < -0.3 is 5.11 Å². The smallest absolute Gasteiger partial charge is 0.0820 e. The monoisotopic (exact) mass is 244 g/mol. The lowest BCUT2D eigenvalue weighted by molar-refractivity contribution is 0.0892. The molecule has 0 heterocycles. The number of hydrogen-bond acceptors (Lipinski definition) is 1. The predicted octanol–water partition coefficient (Wildman–Crippen LogP) is 4.25. The van der Waals surface area contributed by atoms with Crippen LogP contribution in [0.2, 0.25) is 0 Å². The molecule has 98 valence electrons. The van der Waals surface area contributed by atoms with Crippen molar-refractivity contribution < 1.29 is 5.11 Å². The number of aryl methyl sites for hydroxylation is 1. The molecule has 0 bridgehead atoms. The molecule has 1 saturated carbocycles. The first-order valence-corrected chi connectivity index (χ1v) is 7.60. The molecular weight excluding hydrogens is 220 g/mol. The SMILES string of the molecule is OC1c2ccccc2CCCC1CC1CCCC1. The number of aliphatic hydroxyl groups is 1. The maximum Gasteiger partial charge on any atom is 0.0820 e. The van der Waals surface area contributed by atoms with Crippen LogP contribution in [0.25, 0.3) is 0 Å². The van der Waals surface area contributed by atoms with E-state index in [2.05, 4.69) is 24.3 Å². The molecule has 1 aromatic rings. The topological polar surface area (TPSA) is 20.2 Å². The Morgan fingerprint density at radius 2 is 1.78 bits per heavy atom. The molecule has 2 atom stereocenters. The van der Waals surface area contributed by atoms with E-state index in [1.807, 2.05) is 0 Å². The van der Waals surface area contributed by atoms with E-state index in [1.165, 1.54) is 56.1 Å². The van der Waals surface area contributed by atoms with Crippen LogP contribution >= 0.6 is 0 Å². The maximum absolute atomic E-state index is 10.7. The molecule has 0 radical (unpaired) electrons. The van der Waals surface area contributed by atoms with Crippen molar-refractivity contribution in [1.82, 2.24) is 0 Å². The Balaban J connectivity index is 1.76. The molecule has 0 aliphatic heterocycles. The second-order valence-corrected chi connectivity index (χ2v) is 6.18. The largest absolute Gasteiger partial charge is 0.388 e. The Labute approximate surface area is 110 Å². The van der Waals surface area contributed by atoms with Crippen molar-refractivity contribution in [3.05, 3.63) is 35.4 Å². The summed E-state index contributed by atoms with van der Waals surface area (Å²) < 4.78 is 0. The van der Waals surface area contributed by atoms with Crippen molar-refractivity contribution >= 4 is 0 Å². The van der Waals surface area contributed by atoms with Gasteiger partial charge in [0.2, 0.25) is 0 Å². The van der Waals surface area contributed by atoms with Gasteiger partial charge in [-0.2, -0.15) is 0 Å². The highest BCUT2D eigenvalue weighted by Gasteiger charge is 2.29. The van der Waals surface area contributed by atoms with Crippen LogP contribution in [0.15, 0.2) is 24.3 Å². The zero-order valence-corrected chi connectivity index (χ0v) is 11.1. The van der Waals surface area contributed by atoms with Crippen LogP contribution in [-0.2, 0) is 6.42 Å². The Morgan fingerprint density at radius 3 is 2.61 bits per heavy atom. The molecule has 2 unspecified atom stereocenters. The van der Waals surface area contributed by atoms with Crippen LogP contribution in [0.4, 0.5) is 0 Å². The number of benzene rings is 1. The van der Waals surface area contributed by atoms with Crippen molar-refractivity contribution in [3.8, 4) is 0 Å². The fourth-order valence-corrected chi connectivity index (χ4v) is 3.94. The third-order valence-corrected chi connectivity index (χ3v) is 4.95. The molecule has 1 nitrogen and oxygen atoms in total. The zero-order valence-electron chi connectivity index (χ0n) is 11.1. The standard InChI is InChI=1S/C17H24O/c18-17-15(12-13-6-1-2-7-13)10-5-9-14-8-3-4-11-16(14)17/h3-4,8,11,13,15,17-18H,1-2,5-7,9-10,12H2. The van der Waals surface area contributed by atoms with Crippen LogP contribution in [0.3, 0.4) is 0 Å². The van der Waals surface area contributed by atoms with Gasteiger partial charge in [-0.05, 0) is 48.6 Å². The number of fused-ring (bicyclic) bond motifs is 1. The average molecular weight is 244 g/mol. The fourth-order valence-electron chi connectivity index (χ4n) is 3.94. The van der Waals surface area contributed by atoms with Crippen LogP contribution in [0.5, 0.6) is 0 Å². The number of aliphatic hydroxyl groups excluding tert-OH is 1. The summed E-state index contributed by atoms with van der Waals surface area (Å²) in [5, 5.41) is 10.7. The van der Waals surface area contributed by atoms with Gasteiger partial charge in [-0.3, -0.25) is 0 Å². The van der Waals surface area contributed by atoms with Crippen LogP contribution in [0, 0.1) is 11.8 Å². The molecule has 1 N–H and O–H groups in total. The second-order valence-electron chi connectivity index (χ2n) is 6.18. The number of rotatable bonds is 2. The van der Waals surface area contributed by atoms with Gasteiger partial charge in [0, 0.05) is 0 Å². The van der Waals surface area contributed by atoms with Gasteiger partial charge >= 0.3 is 0 Å². The lowest BCUT2D eigenvalue weighted by Crippen LogP contribution is -2.15. The van der Waals surface area contributed by atoms with Crippen LogP contribution in [-0.4, -0.2) is 5.11 Å². The van der Waals surface area contributed by atoms with E-state index in [0.29, 0.717) is 5.92 Å². The second kappa shape index (κ2) is 5.44. The van der Waals surface area contributed by atoms with Crippen molar-refractivity contribution in [3.63, 3.8) is 0 Å². The van der Waals surface area contributed by atoms with Crippen molar-refractivity contribution in [2.45, 2.75) is 57.5 Å². The van der Waals surface area contributed by atoms with Gasteiger partial charge in [-0.1, -0.05) is 49.9 Å². The third-order valence-electron chi connectivity index (χ3n) is 4.95. The maximum atomic E-state index is 10.7. The molecule has 0 amide bonds. The van der Waals surface area contributed by atoms with Crippen LogP contribution < -0.4 is 0 Å². The van der Waals surface area contributed by atoms with E-state index in [1.54, 1.807) is 0 Å². The van der Waals surface area contributed by atoms with Gasteiger partial charge in [-0.15, -0.1) is 0 Å². The van der Waals surface area contributed by atoms with E-state index >= 15 is 0 Å². The van der Waals surface area contributed by atoms with Gasteiger partial charge in [0.15, 0.2) is 0 Å². The predicted molar refractivity (Wildman–Crippen MR) is 74.4 cm³/mol. The summed E-state index contributed by atoms with van der Waals surface area (Å²) in [5.74, 6) is 1.38. The molecule has 1 aromatic carbocycles. The van der Waals surface area contributed by atoms with Crippen molar-refractivity contribution in [2.24, 2.45) is 11.8 Å². The van der Waals surface area contributed by atoms with Gasteiger partial charge in [0.25, 0.3) is 0 Å². The highest BCUT2D eigenvalue weighted by molar-refractivity contribution is 5.30. The summed E-state index contributed by atoms with van der Waals surface area (Å²) in [5.41, 5.74) is 2.58. The van der Waals surface area contributed by atoms with E-state index in [4.69, 9.17) is 0 Å². The summed E-state index contributed by atoms with van der Waals surface area (Å²) >= 11 is 0. The lowest BCUT2D eigenvalue weighted by atomic mass is 9.85. The fraction of sp³-hybridized carbons (Fsp3) is 0.647. The van der Waals surface area contributed by atoms with Gasteiger partial charge in [0.1, 0.15) is 0 Å². The molecule has 2 aliphatic carbocycles. The van der Waals surface area contributed by atoms with Gasteiger partial charge in [0.05, 0.1) is 6.10 Å². The Bertz CT molecular complexity index is 392. The first-order chi connectivity index (χ1) is 8.84. The Morgan fingerprint density at radius 1 is 1.00 bits per heavy atom. The molecule has 1 fully saturated rings. The molecule has 0 spiro atoms. The minimum atomic E-state index is -0.218. The molecule has 0 aromatic heterocycles. The lowest BCUT2D eigenvalue weighted by Gasteiger charge is -2.24. The minimum Gasteiger partial charge on any atom is -0.388 e. The first-order valence-electron chi connectivity index (χ1n) is 7.60. The summed E-state index contributed by atoms with van der Waals surface area (Å²) in [6.07, 6.45) is 10.2. The highest BCUT2D eigenvalue weighted by Crippen LogP contribution is 2.40. The molecule has 3 rings (SSSR count). The molecule has 18 heavy (non-hydrogen) atoms. The normalized spacial score (nSPS) is 28.9. The van der Waals surface area contributed by atoms with Crippen LogP contribution in [0.1, 0.15) is 62.2 Å². The van der Waals surface area contributed by atoms with Crippen molar-refractivity contribution in [1.29, 1.82) is 0 Å². The van der Waals surface area contributed by atoms with Crippen molar-refractivity contribution in [2.75, 3.05) is 0 Å². The van der Waals surface area contributed by atoms with E-state index < -0.39 is 0 Å². The molecular formula is C17H24O. The minimum absolute atomic E-state index is 0.218. The Hall–Kier alpha value is -0.820. The quantitative estimate of drug-likeness (QED) is 0.771. The van der Waals surface area contributed by atoms with E-state index in [0.717, 1.165) is 12.3 Å². The van der Waals surface area contributed by atoms with Gasteiger partial charge in [-0.25, -0.2) is 0 Å². The summed E-state index contributed by atoms with van der Waals surface area (Å²) in [4.78, 5) is 0. The summed E-state index contributed by atoms with van der Waals surface area (Å²) in [7, 11) is 0. The Kier molecular flexibility index (Phi) is 3.69. The highest BCUT2D eigenvalue weighted by atomic mass is 16.3. The summed E-state index contributed by atoms with van der Waals surface area (Å²) in [6, 6.07) is 8.49. The molecule has 0 saturated heterocycles. The number of hydrogen-bond donors (Lipinski definition) is 1. The zero-order chi connectivity index (χ0) is 12.4. The molecule has 2 aliphatic rings. The first kappa shape index (κ1) is 12.2. The third kappa shape index (κ3) is 2.47. The van der Waals surface area contributed by atoms with E-state index in [-0.39, 0.29) is 6.10 Å². The average Bonchev–Trinajstić information content (AvgIpc) is 2.85. The summed E-state index contributed by atoms with van der Waals surface area (Å²) in [6.45, 7) is 0. The molecule has 1 heteroatoms.